The van der Waals surface area contributed by atoms with Crippen LogP contribution in [0.3, 0.4) is 0 Å². The second kappa shape index (κ2) is 4.73. The third kappa shape index (κ3) is 2.46. The maximum absolute atomic E-state index is 13.2. The molecule has 1 aromatic carbocycles. The van der Waals surface area contributed by atoms with Gasteiger partial charge in [-0.05, 0) is 18.2 Å². The molecule has 110 valence electrons. The predicted molar refractivity (Wildman–Crippen MR) is 62.9 cm³/mol. The standard InChI is InChI=1S/C13H8F5N3/c14-8-2-1-6(3-9(8)15)12-20-10-5-19-4-7(10)11(21-12)13(16,17)18/h1-3,19H,4-5H2. The molecule has 1 aliphatic heterocycles. The lowest BCUT2D eigenvalue weighted by atomic mass is 10.1. The number of hydrogen-bond acceptors (Lipinski definition) is 3. The average Bonchev–Trinajstić information content (AvgIpc) is 2.87. The van der Waals surface area contributed by atoms with Crippen LogP contribution in [0, 0.1) is 11.6 Å². The van der Waals surface area contributed by atoms with E-state index in [1.54, 1.807) is 0 Å². The summed E-state index contributed by atoms with van der Waals surface area (Å²) in [6, 6.07) is 2.75. The number of nitrogens with one attached hydrogen (secondary N) is 1. The Bertz CT molecular complexity index is 712. The molecule has 0 unspecified atom stereocenters. The highest BCUT2D eigenvalue weighted by Crippen LogP contribution is 2.34. The van der Waals surface area contributed by atoms with Crippen molar-refractivity contribution in [2.45, 2.75) is 19.3 Å². The van der Waals surface area contributed by atoms with Gasteiger partial charge in [0.05, 0.1) is 5.69 Å². The van der Waals surface area contributed by atoms with Crippen LogP contribution >= 0.6 is 0 Å². The van der Waals surface area contributed by atoms with Gasteiger partial charge >= 0.3 is 6.18 Å². The van der Waals surface area contributed by atoms with Gasteiger partial charge in [0.1, 0.15) is 0 Å². The molecule has 1 N–H and O–H groups in total. The summed E-state index contributed by atoms with van der Waals surface area (Å²) >= 11 is 0. The van der Waals surface area contributed by atoms with Crippen molar-refractivity contribution in [3.05, 3.63) is 46.8 Å². The minimum Gasteiger partial charge on any atom is -0.307 e. The summed E-state index contributed by atoms with van der Waals surface area (Å²) in [7, 11) is 0. The zero-order valence-corrected chi connectivity index (χ0v) is 10.4. The van der Waals surface area contributed by atoms with Crippen molar-refractivity contribution in [2.75, 3.05) is 0 Å². The fourth-order valence-corrected chi connectivity index (χ4v) is 2.17. The molecule has 1 aromatic heterocycles. The number of rotatable bonds is 1. The van der Waals surface area contributed by atoms with Crippen LogP contribution in [0.25, 0.3) is 11.4 Å². The van der Waals surface area contributed by atoms with Gasteiger partial charge in [0.2, 0.25) is 0 Å². The summed E-state index contributed by atoms with van der Waals surface area (Å²) in [4.78, 5) is 7.50. The second-order valence-electron chi connectivity index (χ2n) is 4.55. The molecule has 3 rings (SSSR count). The van der Waals surface area contributed by atoms with E-state index in [-0.39, 0.29) is 35.7 Å². The lowest BCUT2D eigenvalue weighted by Gasteiger charge is -2.12. The summed E-state index contributed by atoms with van der Waals surface area (Å²) in [5.74, 6) is -2.52. The largest absolute Gasteiger partial charge is 0.433 e. The summed E-state index contributed by atoms with van der Waals surface area (Å²) < 4.78 is 65.2. The quantitative estimate of drug-likeness (QED) is 0.823. The number of alkyl halides is 3. The molecule has 0 spiro atoms. The molecule has 0 atom stereocenters. The highest BCUT2D eigenvalue weighted by atomic mass is 19.4. The third-order valence-corrected chi connectivity index (χ3v) is 3.13. The van der Waals surface area contributed by atoms with Gasteiger partial charge in [0.25, 0.3) is 0 Å². The Balaban J connectivity index is 2.18. The number of fused-ring (bicyclic) bond motifs is 1. The Kier molecular flexibility index (Phi) is 3.12. The molecule has 1 aliphatic rings. The van der Waals surface area contributed by atoms with Gasteiger partial charge in [-0.1, -0.05) is 0 Å². The lowest BCUT2D eigenvalue weighted by Crippen LogP contribution is -2.14. The van der Waals surface area contributed by atoms with Crippen molar-refractivity contribution in [3.63, 3.8) is 0 Å². The number of aromatic nitrogens is 2. The number of benzene rings is 1. The molecule has 0 amide bonds. The Morgan fingerprint density at radius 1 is 1.00 bits per heavy atom. The van der Waals surface area contributed by atoms with Crippen LogP contribution in [0.1, 0.15) is 17.0 Å². The third-order valence-electron chi connectivity index (χ3n) is 3.13. The molecule has 2 heterocycles. The van der Waals surface area contributed by atoms with Crippen LogP contribution in [-0.2, 0) is 19.3 Å². The van der Waals surface area contributed by atoms with E-state index in [1.807, 2.05) is 0 Å². The molecule has 8 heteroatoms. The van der Waals surface area contributed by atoms with Crippen molar-refractivity contribution < 1.29 is 22.0 Å². The van der Waals surface area contributed by atoms with E-state index in [0.717, 1.165) is 18.2 Å². The molecule has 2 aromatic rings. The topological polar surface area (TPSA) is 37.8 Å². The van der Waals surface area contributed by atoms with Crippen LogP contribution in [0.4, 0.5) is 22.0 Å². The van der Waals surface area contributed by atoms with Gasteiger partial charge < -0.3 is 5.32 Å². The summed E-state index contributed by atoms with van der Waals surface area (Å²) in [6.07, 6.45) is -4.63. The van der Waals surface area contributed by atoms with Crippen LogP contribution in [-0.4, -0.2) is 9.97 Å². The molecule has 0 saturated carbocycles. The first-order chi connectivity index (χ1) is 9.86. The Morgan fingerprint density at radius 2 is 1.76 bits per heavy atom. The van der Waals surface area contributed by atoms with Crippen molar-refractivity contribution in [1.82, 2.24) is 15.3 Å². The minimum absolute atomic E-state index is 0.00546. The zero-order valence-electron chi connectivity index (χ0n) is 10.4. The van der Waals surface area contributed by atoms with Crippen molar-refractivity contribution in [1.29, 1.82) is 0 Å². The smallest absolute Gasteiger partial charge is 0.307 e. The van der Waals surface area contributed by atoms with Gasteiger partial charge in [-0.25, -0.2) is 18.7 Å². The van der Waals surface area contributed by atoms with Crippen molar-refractivity contribution in [3.8, 4) is 11.4 Å². The average molecular weight is 301 g/mol. The molecule has 0 aliphatic carbocycles. The molecule has 21 heavy (non-hydrogen) atoms. The second-order valence-corrected chi connectivity index (χ2v) is 4.55. The first kappa shape index (κ1) is 13.9. The van der Waals surface area contributed by atoms with Crippen LogP contribution in [0.15, 0.2) is 18.2 Å². The van der Waals surface area contributed by atoms with E-state index >= 15 is 0 Å². The maximum Gasteiger partial charge on any atom is 0.433 e. The number of halogens is 5. The minimum atomic E-state index is -4.63. The van der Waals surface area contributed by atoms with Gasteiger partial charge in [0, 0.05) is 24.2 Å². The fraction of sp³-hybridized carbons (Fsp3) is 0.231. The van der Waals surface area contributed by atoms with E-state index in [1.165, 1.54) is 0 Å². The molecular formula is C13H8F5N3. The number of nitrogens with zero attached hydrogens (tertiary/aromatic N) is 2. The highest BCUT2D eigenvalue weighted by Gasteiger charge is 2.38. The summed E-state index contributed by atoms with van der Waals surface area (Å²) in [5.41, 5.74) is -0.836. The first-order valence-corrected chi connectivity index (χ1v) is 5.99. The van der Waals surface area contributed by atoms with Gasteiger partial charge in [-0.3, -0.25) is 0 Å². The van der Waals surface area contributed by atoms with E-state index in [4.69, 9.17) is 0 Å². The molecular weight excluding hydrogens is 293 g/mol. The van der Waals surface area contributed by atoms with E-state index in [0.29, 0.717) is 0 Å². The molecule has 0 saturated heterocycles. The molecule has 3 nitrogen and oxygen atoms in total. The summed E-state index contributed by atoms with van der Waals surface area (Å²) in [5, 5.41) is 2.76. The van der Waals surface area contributed by atoms with Crippen LogP contribution in [0.2, 0.25) is 0 Å². The van der Waals surface area contributed by atoms with Gasteiger partial charge in [-0.15, -0.1) is 0 Å². The van der Waals surface area contributed by atoms with Crippen molar-refractivity contribution in [2.24, 2.45) is 0 Å². The summed E-state index contributed by atoms with van der Waals surface area (Å²) in [6.45, 7) is 0.208. The normalized spacial score (nSPS) is 14.3. The Morgan fingerprint density at radius 3 is 2.43 bits per heavy atom. The fourth-order valence-electron chi connectivity index (χ4n) is 2.17. The van der Waals surface area contributed by atoms with Gasteiger partial charge in [0.15, 0.2) is 23.2 Å². The molecule has 0 bridgehead atoms. The SMILES string of the molecule is Fc1ccc(-c2nc3c(c(C(F)(F)F)n2)CNC3)cc1F. The van der Waals surface area contributed by atoms with Crippen LogP contribution < -0.4 is 5.32 Å². The molecule has 0 fully saturated rings. The molecule has 0 radical (unpaired) electrons. The van der Waals surface area contributed by atoms with Crippen molar-refractivity contribution >= 4 is 0 Å². The maximum atomic E-state index is 13.2. The predicted octanol–water partition coefficient (Wildman–Crippen LogP) is 3.04. The van der Waals surface area contributed by atoms with Crippen LogP contribution in [0.5, 0.6) is 0 Å². The highest BCUT2D eigenvalue weighted by molar-refractivity contribution is 5.56. The van der Waals surface area contributed by atoms with Gasteiger partial charge in [-0.2, -0.15) is 13.2 Å². The van der Waals surface area contributed by atoms with E-state index in [2.05, 4.69) is 15.3 Å². The van der Waals surface area contributed by atoms with E-state index in [9.17, 15) is 22.0 Å². The number of hydrogen-bond donors (Lipinski definition) is 1. The lowest BCUT2D eigenvalue weighted by molar-refractivity contribution is -0.141. The monoisotopic (exact) mass is 301 g/mol. The van der Waals surface area contributed by atoms with E-state index < -0.39 is 23.5 Å². The Labute approximate surface area is 115 Å². The zero-order chi connectivity index (χ0) is 15.2. The Hall–Kier alpha value is -2.09. The first-order valence-electron chi connectivity index (χ1n) is 5.99.